The number of nitrogens with one attached hydrogen (secondary N) is 1. The Morgan fingerprint density at radius 2 is 1.09 bits per heavy atom. The van der Waals surface area contributed by atoms with Gasteiger partial charge in [-0.2, -0.15) is 4.90 Å². The Kier molecular flexibility index (Phi) is 17.6. The minimum absolute atomic E-state index is 0.00218. The number of nitrogens with zero attached hydrogens (tertiary/aromatic N) is 12. The average Bonchev–Trinajstić information content (AvgIpc) is 4.09. The summed E-state index contributed by atoms with van der Waals surface area (Å²) in [4.78, 5) is 81.7. The van der Waals surface area contributed by atoms with Gasteiger partial charge in [0.15, 0.2) is 11.3 Å². The van der Waals surface area contributed by atoms with Gasteiger partial charge < -0.3 is 35.2 Å². The molecule has 424 valence electrons. The highest BCUT2D eigenvalue weighted by atomic mass is 35.5. The lowest BCUT2D eigenvalue weighted by atomic mass is 10.1. The third-order valence-electron chi connectivity index (χ3n) is 12.8. The number of fused-ring (bicyclic) bond motifs is 2. The molecule has 2 aromatic carbocycles. The summed E-state index contributed by atoms with van der Waals surface area (Å²) in [6.45, 7) is 23.0. The second-order valence-electron chi connectivity index (χ2n) is 21.2. The second kappa shape index (κ2) is 24.4. The van der Waals surface area contributed by atoms with Crippen LogP contribution in [0.5, 0.6) is 0 Å². The Hall–Kier alpha value is -8.63. The van der Waals surface area contributed by atoms with Gasteiger partial charge in [-0.15, -0.1) is 0 Å². The number of imide groups is 1. The van der Waals surface area contributed by atoms with Crippen molar-refractivity contribution in [3.8, 4) is 33.9 Å². The number of aromatic nitrogens is 8. The van der Waals surface area contributed by atoms with Crippen LogP contribution in [0.25, 0.3) is 56.2 Å². The number of piperazine rings is 2. The van der Waals surface area contributed by atoms with Gasteiger partial charge in [-0.1, -0.05) is 11.6 Å². The maximum atomic E-state index is 15.2. The number of rotatable bonds is 6. The highest BCUT2D eigenvalue weighted by molar-refractivity contribution is 6.30. The van der Waals surface area contributed by atoms with E-state index in [2.05, 4.69) is 25.3 Å². The van der Waals surface area contributed by atoms with Gasteiger partial charge in [0.25, 0.3) is 0 Å². The van der Waals surface area contributed by atoms with E-state index in [0.717, 1.165) is 47.9 Å². The van der Waals surface area contributed by atoms with Crippen LogP contribution in [0.2, 0.25) is 5.02 Å². The van der Waals surface area contributed by atoms with Crippen LogP contribution in [0.15, 0.2) is 97.3 Å². The fourth-order valence-electron chi connectivity index (χ4n) is 9.02. The molecule has 3 N–H and O–H groups in total. The van der Waals surface area contributed by atoms with Crippen molar-refractivity contribution < 1.29 is 37.4 Å². The van der Waals surface area contributed by atoms with Crippen molar-refractivity contribution in [2.75, 3.05) is 67.9 Å². The van der Waals surface area contributed by atoms with Gasteiger partial charge in [0.1, 0.15) is 57.2 Å². The highest BCUT2D eigenvalue weighted by Crippen LogP contribution is 2.31. The first-order valence-electron chi connectivity index (χ1n) is 26.2. The molecule has 0 radical (unpaired) electrons. The number of carbonyl (C=O) groups excluding carboxylic acids is 4. The molecule has 81 heavy (non-hydrogen) atoms. The van der Waals surface area contributed by atoms with E-state index in [4.69, 9.17) is 36.8 Å². The van der Waals surface area contributed by atoms with Crippen molar-refractivity contribution in [1.29, 1.82) is 0 Å². The van der Waals surface area contributed by atoms with Gasteiger partial charge in [-0.25, -0.2) is 48.3 Å². The molecule has 2 aliphatic rings. The Balaban J connectivity index is 0.000000185. The largest absolute Gasteiger partial charge is 0.443 e. The first-order valence-corrected chi connectivity index (χ1v) is 26.6. The molecule has 6 aromatic heterocycles. The number of halogens is 3. The predicted molar refractivity (Wildman–Crippen MR) is 308 cm³/mol. The number of nitrogen functional groups attached to an aromatic ring is 1. The molecule has 0 bridgehead atoms. The summed E-state index contributed by atoms with van der Waals surface area (Å²) >= 11 is 5.87. The minimum Gasteiger partial charge on any atom is -0.443 e. The van der Waals surface area contributed by atoms with Crippen molar-refractivity contribution in [2.24, 2.45) is 0 Å². The number of benzene rings is 2. The zero-order valence-electron chi connectivity index (χ0n) is 46.9. The molecule has 4 amide bonds. The summed E-state index contributed by atoms with van der Waals surface area (Å²) in [5.74, 6) is 1.10. The smallest absolute Gasteiger partial charge is 0.425 e. The Bertz CT molecular complexity index is 3610. The lowest BCUT2D eigenvalue weighted by molar-refractivity contribution is -0.130. The van der Waals surface area contributed by atoms with Crippen molar-refractivity contribution in [3.05, 3.63) is 126 Å². The van der Waals surface area contributed by atoms with Gasteiger partial charge in [-0.05, 0) is 134 Å². The number of ether oxygens (including phenoxy) is 2. The van der Waals surface area contributed by atoms with Crippen molar-refractivity contribution >= 4 is 75.3 Å². The molecule has 0 spiro atoms. The molecule has 20 nitrogen and oxygen atoms in total. The van der Waals surface area contributed by atoms with Gasteiger partial charge in [0, 0.05) is 95.8 Å². The Morgan fingerprint density at radius 1 is 0.605 bits per heavy atom. The lowest BCUT2D eigenvalue weighted by Gasteiger charge is -2.35. The van der Waals surface area contributed by atoms with E-state index in [1.807, 2.05) is 45.6 Å². The van der Waals surface area contributed by atoms with Crippen LogP contribution in [-0.2, 0) is 19.1 Å². The fourth-order valence-corrected chi connectivity index (χ4v) is 9.14. The summed E-state index contributed by atoms with van der Waals surface area (Å²) < 4.78 is 43.9. The van der Waals surface area contributed by atoms with Crippen molar-refractivity contribution in [2.45, 2.75) is 80.4 Å². The van der Waals surface area contributed by atoms with Gasteiger partial charge >= 0.3 is 12.2 Å². The molecule has 2 saturated heterocycles. The molecule has 10 rings (SSSR count). The SMILES string of the molecule is CC(=O)N1CCN(c2ccc(-n3c(C)nc4ccc(-c5ccnc(N)c5)nc43)cc2F)CC1.CC(=O)N1CCNCC1.Cc1nc2ccc(-c3ccnc(N(C(=O)OC(C)(C)C)C(=O)OC(C)(C)C)c3)nc2n1-c1ccc(Cl)c(F)c1. The van der Waals surface area contributed by atoms with E-state index >= 15 is 4.39 Å². The molecule has 0 saturated carbocycles. The molecule has 0 aliphatic carbocycles. The summed E-state index contributed by atoms with van der Waals surface area (Å²) in [5, 5.41) is 3.19. The standard InChI is InChI=1S/C28H29ClFN5O4.C24H24FN7O.C6H12N2O/c1-16-32-22-11-10-21(33-24(22)34(16)18-8-9-19(29)20(30)15-18)17-12-13-31-23(14-17)35(25(36)38-27(2,3)4)26(37)39-28(5,6)7;1-15-28-21-5-4-20(17-7-8-27-23(26)13-17)29-24(21)32(15)18-3-6-22(19(25)14-18)31-11-9-30(10-12-31)16(2)33;1-6(9)8-4-2-7-3-5-8/h8-15H,1-7H3;3-8,13-14H,9-12H2,1-2H3,(H2,26,27);7H,2-5H2,1H3. The minimum atomic E-state index is -0.928. The summed E-state index contributed by atoms with van der Waals surface area (Å²) in [6.07, 6.45) is 1.24. The maximum absolute atomic E-state index is 15.2. The van der Waals surface area contributed by atoms with Gasteiger partial charge in [0.05, 0.1) is 33.5 Å². The Morgan fingerprint density at radius 3 is 1.56 bits per heavy atom. The zero-order valence-corrected chi connectivity index (χ0v) is 47.7. The lowest BCUT2D eigenvalue weighted by Crippen LogP contribution is -2.48. The number of carbonyl (C=O) groups is 4. The molecule has 2 fully saturated rings. The van der Waals surface area contributed by atoms with Crippen LogP contribution in [0, 0.1) is 25.5 Å². The second-order valence-corrected chi connectivity index (χ2v) is 21.6. The van der Waals surface area contributed by atoms with E-state index < -0.39 is 29.2 Å². The number of anilines is 3. The van der Waals surface area contributed by atoms with Gasteiger partial charge in [0.2, 0.25) is 11.8 Å². The van der Waals surface area contributed by atoms with E-state index in [9.17, 15) is 23.6 Å². The fraction of sp³-hybridized carbons (Fsp3) is 0.345. The molecule has 23 heteroatoms. The molecule has 8 aromatic rings. The van der Waals surface area contributed by atoms with Crippen LogP contribution >= 0.6 is 11.6 Å². The first kappa shape index (κ1) is 58.5. The maximum Gasteiger partial charge on any atom is 0.425 e. The monoisotopic (exact) mass is 1130 g/mol. The number of imidazole rings is 2. The summed E-state index contributed by atoms with van der Waals surface area (Å²) in [5.41, 5.74) is 10.9. The summed E-state index contributed by atoms with van der Waals surface area (Å²) in [7, 11) is 0. The molecule has 2 aliphatic heterocycles. The molecular weight excluding hydrogens is 1060 g/mol. The molecule has 8 heterocycles. The van der Waals surface area contributed by atoms with Crippen LogP contribution < -0.4 is 20.9 Å². The number of hydrogen-bond donors (Lipinski definition) is 2. The van der Waals surface area contributed by atoms with E-state index in [0.29, 0.717) is 88.8 Å². The quantitative estimate of drug-likeness (QED) is 0.158. The van der Waals surface area contributed by atoms with Crippen LogP contribution in [0.4, 0.5) is 35.7 Å². The zero-order chi connectivity index (χ0) is 58.5. The number of amides is 4. The van der Waals surface area contributed by atoms with Crippen molar-refractivity contribution in [3.63, 3.8) is 0 Å². The third kappa shape index (κ3) is 14.2. The van der Waals surface area contributed by atoms with E-state index in [1.165, 1.54) is 30.5 Å². The van der Waals surface area contributed by atoms with Gasteiger partial charge in [-0.3, -0.25) is 18.7 Å². The highest BCUT2D eigenvalue weighted by Gasteiger charge is 2.34. The van der Waals surface area contributed by atoms with E-state index in [-0.39, 0.29) is 28.5 Å². The molecule has 0 unspecified atom stereocenters. The normalized spacial score (nSPS) is 13.7. The number of pyridine rings is 4. The Labute approximate surface area is 472 Å². The average molecular weight is 1130 g/mol. The topological polar surface area (TPSA) is 225 Å². The predicted octanol–water partition coefficient (Wildman–Crippen LogP) is 9.88. The molecular formula is C58H65ClF2N14O6. The van der Waals surface area contributed by atoms with E-state index in [1.54, 1.807) is 114 Å². The molecule has 0 atom stereocenters. The van der Waals surface area contributed by atoms with Crippen LogP contribution in [-0.4, -0.2) is 136 Å². The number of aryl methyl sites for hydroxylation is 2. The number of hydrogen-bond acceptors (Lipinski definition) is 15. The number of nitrogens with two attached hydrogens (primary N) is 1. The van der Waals surface area contributed by atoms with Crippen LogP contribution in [0.1, 0.15) is 67.0 Å². The third-order valence-corrected chi connectivity index (χ3v) is 13.1. The van der Waals surface area contributed by atoms with Crippen LogP contribution in [0.3, 0.4) is 0 Å². The summed E-state index contributed by atoms with van der Waals surface area (Å²) in [6, 6.07) is 23.8. The van der Waals surface area contributed by atoms with Crippen molar-refractivity contribution in [1.82, 2.24) is 54.2 Å². The first-order chi connectivity index (χ1) is 38.3.